The molecule has 1 fully saturated rings. The number of hydrogen-bond donors (Lipinski definition) is 3. The minimum atomic E-state index is -0.331. The van der Waals surface area contributed by atoms with Gasteiger partial charge in [-0.25, -0.2) is 0 Å². The molecule has 0 radical (unpaired) electrons. The molecule has 1 aliphatic heterocycles. The maximum Gasteiger partial charge on any atom is 0.269 e. The van der Waals surface area contributed by atoms with Crippen LogP contribution < -0.4 is 10.9 Å². The molecule has 0 bridgehead atoms. The third kappa shape index (κ3) is 2.99. The molecule has 98 valence electrons. The van der Waals surface area contributed by atoms with Gasteiger partial charge >= 0.3 is 0 Å². The molecule has 3 N–H and O–H groups in total. The summed E-state index contributed by atoms with van der Waals surface area (Å²) >= 11 is 0. The number of carbonyl (C=O) groups excluding carboxylic acids is 2. The van der Waals surface area contributed by atoms with Gasteiger partial charge in [-0.05, 0) is 12.8 Å². The highest BCUT2D eigenvalue weighted by molar-refractivity contribution is 5.92. The normalized spacial score (nSPS) is 15.1. The highest BCUT2D eigenvalue weighted by Gasteiger charge is 2.19. The molecule has 0 atom stereocenters. The molecule has 1 aromatic rings. The first-order valence-corrected chi connectivity index (χ1v) is 6.00. The van der Waals surface area contributed by atoms with E-state index >= 15 is 0 Å². The van der Waals surface area contributed by atoms with Crippen molar-refractivity contribution in [2.24, 2.45) is 0 Å². The van der Waals surface area contributed by atoms with E-state index in [1.54, 1.807) is 0 Å². The molecule has 2 heterocycles. The number of H-pyrrole nitrogens is 2. The smallest absolute Gasteiger partial charge is 0.269 e. The van der Waals surface area contributed by atoms with Crippen LogP contribution in [0.1, 0.15) is 29.8 Å². The molecule has 2 rings (SSSR count). The number of likely N-dealkylation sites (tertiary alicyclic amines) is 1. The van der Waals surface area contributed by atoms with Crippen LogP contribution in [0.15, 0.2) is 10.9 Å². The summed E-state index contributed by atoms with van der Waals surface area (Å²) < 4.78 is 0. The van der Waals surface area contributed by atoms with Crippen LogP contribution in [-0.2, 0) is 4.79 Å². The van der Waals surface area contributed by atoms with Gasteiger partial charge in [-0.15, -0.1) is 0 Å². The molecule has 0 aliphatic carbocycles. The van der Waals surface area contributed by atoms with Gasteiger partial charge in [0.15, 0.2) is 0 Å². The van der Waals surface area contributed by atoms with E-state index in [1.807, 2.05) is 4.90 Å². The minimum absolute atomic E-state index is 0.191. The lowest BCUT2D eigenvalue weighted by Crippen LogP contribution is -2.30. The van der Waals surface area contributed by atoms with Crippen LogP contribution in [0.25, 0.3) is 0 Å². The maximum atomic E-state index is 11.5. The van der Waals surface area contributed by atoms with E-state index in [1.165, 1.54) is 6.07 Å². The molecular weight excluding hydrogens is 236 g/mol. The van der Waals surface area contributed by atoms with E-state index in [2.05, 4.69) is 15.5 Å². The average molecular weight is 252 g/mol. The first-order valence-electron chi connectivity index (χ1n) is 6.00. The molecule has 2 amide bonds. The lowest BCUT2D eigenvalue weighted by Gasteiger charge is -2.15. The van der Waals surface area contributed by atoms with Gasteiger partial charge in [0.2, 0.25) is 5.91 Å². The van der Waals surface area contributed by atoms with Crippen molar-refractivity contribution in [2.45, 2.75) is 19.3 Å². The highest BCUT2D eigenvalue weighted by Crippen LogP contribution is 2.09. The van der Waals surface area contributed by atoms with Crippen LogP contribution in [-0.4, -0.2) is 46.5 Å². The van der Waals surface area contributed by atoms with Gasteiger partial charge in [-0.3, -0.25) is 24.6 Å². The fourth-order valence-corrected chi connectivity index (χ4v) is 1.96. The quantitative estimate of drug-likeness (QED) is 0.613. The summed E-state index contributed by atoms with van der Waals surface area (Å²) in [5, 5.41) is 7.46. The first kappa shape index (κ1) is 12.4. The Hall–Kier alpha value is -2.05. The number of rotatable bonds is 5. The second-order valence-corrected chi connectivity index (χ2v) is 4.27. The number of aromatic amines is 2. The number of nitrogens with one attached hydrogen (secondary N) is 3. The van der Waals surface area contributed by atoms with Crippen LogP contribution in [0.4, 0.5) is 0 Å². The average Bonchev–Trinajstić information content (AvgIpc) is 2.94. The molecule has 1 saturated heterocycles. The van der Waals surface area contributed by atoms with E-state index in [-0.39, 0.29) is 23.1 Å². The van der Waals surface area contributed by atoms with Crippen LogP contribution in [0.5, 0.6) is 0 Å². The van der Waals surface area contributed by atoms with Gasteiger partial charge < -0.3 is 10.2 Å². The van der Waals surface area contributed by atoms with Gasteiger partial charge in [-0.1, -0.05) is 0 Å². The molecular formula is C11H16N4O3. The Labute approximate surface area is 104 Å². The molecule has 7 nitrogen and oxygen atoms in total. The summed E-state index contributed by atoms with van der Waals surface area (Å²) in [6.07, 6.45) is 2.28. The van der Waals surface area contributed by atoms with Crippen molar-refractivity contribution in [3.63, 3.8) is 0 Å². The van der Waals surface area contributed by atoms with Crippen molar-refractivity contribution in [1.82, 2.24) is 20.4 Å². The minimum Gasteiger partial charge on any atom is -0.351 e. The summed E-state index contributed by atoms with van der Waals surface area (Å²) in [7, 11) is 0. The molecule has 0 unspecified atom stereocenters. The van der Waals surface area contributed by atoms with Gasteiger partial charge in [0.05, 0.1) is 0 Å². The van der Waals surface area contributed by atoms with Crippen LogP contribution >= 0.6 is 0 Å². The molecule has 0 aromatic carbocycles. The standard InChI is InChI=1S/C11H16N4O3/c16-9-7-8(13-14-9)11(18)12-4-2-6-15-5-1-3-10(15)17/h7H,1-6H2,(H,12,18)(H2,13,14,16). The summed E-state index contributed by atoms with van der Waals surface area (Å²) in [4.78, 5) is 35.5. The molecule has 0 saturated carbocycles. The van der Waals surface area contributed by atoms with Crippen molar-refractivity contribution in [2.75, 3.05) is 19.6 Å². The molecule has 18 heavy (non-hydrogen) atoms. The maximum absolute atomic E-state index is 11.5. The van der Waals surface area contributed by atoms with E-state index in [0.717, 1.165) is 13.0 Å². The van der Waals surface area contributed by atoms with Gasteiger partial charge in [0, 0.05) is 32.1 Å². The summed E-state index contributed by atoms with van der Waals surface area (Å²) in [5.74, 6) is -0.127. The third-order valence-electron chi connectivity index (χ3n) is 2.90. The first-order chi connectivity index (χ1) is 8.66. The highest BCUT2D eigenvalue weighted by atomic mass is 16.2. The van der Waals surface area contributed by atoms with E-state index in [4.69, 9.17) is 0 Å². The zero-order chi connectivity index (χ0) is 13.0. The molecule has 1 aromatic heterocycles. The van der Waals surface area contributed by atoms with E-state index in [9.17, 15) is 14.4 Å². The van der Waals surface area contributed by atoms with Crippen molar-refractivity contribution in [1.29, 1.82) is 0 Å². The SMILES string of the molecule is O=C(NCCCN1CCCC1=O)c1cc(=O)[nH][nH]1. The fraction of sp³-hybridized carbons (Fsp3) is 0.545. The van der Waals surface area contributed by atoms with Crippen molar-refractivity contribution < 1.29 is 9.59 Å². The van der Waals surface area contributed by atoms with Gasteiger partial charge in [-0.2, -0.15) is 0 Å². The van der Waals surface area contributed by atoms with Crippen LogP contribution in [0.2, 0.25) is 0 Å². The number of nitrogens with zero attached hydrogens (tertiary/aromatic N) is 1. The Morgan fingerprint density at radius 1 is 1.39 bits per heavy atom. The Kier molecular flexibility index (Phi) is 3.81. The zero-order valence-corrected chi connectivity index (χ0v) is 9.99. The molecule has 7 heteroatoms. The Balaban J connectivity index is 1.68. The summed E-state index contributed by atoms with van der Waals surface area (Å²) in [6.45, 7) is 1.97. The Bertz CT molecular complexity index is 490. The lowest BCUT2D eigenvalue weighted by atomic mass is 10.3. The fourth-order valence-electron chi connectivity index (χ4n) is 1.96. The monoisotopic (exact) mass is 252 g/mol. The summed E-state index contributed by atoms with van der Waals surface area (Å²) in [6, 6.07) is 1.21. The number of aromatic nitrogens is 2. The van der Waals surface area contributed by atoms with Crippen LogP contribution in [0, 0.1) is 0 Å². The Morgan fingerprint density at radius 3 is 2.83 bits per heavy atom. The number of hydrogen-bond acceptors (Lipinski definition) is 3. The predicted octanol–water partition coefficient (Wildman–Crippen LogP) is -0.555. The lowest BCUT2D eigenvalue weighted by molar-refractivity contribution is -0.127. The van der Waals surface area contributed by atoms with Crippen LogP contribution in [0.3, 0.4) is 0 Å². The van der Waals surface area contributed by atoms with Crippen molar-refractivity contribution in [3.05, 3.63) is 22.1 Å². The second kappa shape index (κ2) is 5.52. The summed E-state index contributed by atoms with van der Waals surface area (Å²) in [5.41, 5.74) is -0.111. The number of amides is 2. The van der Waals surface area contributed by atoms with E-state index in [0.29, 0.717) is 25.9 Å². The molecule has 0 spiro atoms. The Morgan fingerprint density at radius 2 is 2.22 bits per heavy atom. The van der Waals surface area contributed by atoms with Gasteiger partial charge in [0.25, 0.3) is 11.5 Å². The zero-order valence-electron chi connectivity index (χ0n) is 9.99. The topological polar surface area (TPSA) is 98.1 Å². The van der Waals surface area contributed by atoms with Gasteiger partial charge in [0.1, 0.15) is 5.69 Å². The van der Waals surface area contributed by atoms with Crippen molar-refractivity contribution >= 4 is 11.8 Å². The number of carbonyl (C=O) groups is 2. The predicted molar refractivity (Wildman–Crippen MR) is 64.2 cm³/mol. The second-order valence-electron chi connectivity index (χ2n) is 4.27. The molecule has 1 aliphatic rings. The van der Waals surface area contributed by atoms with E-state index < -0.39 is 0 Å². The third-order valence-corrected chi connectivity index (χ3v) is 2.90. The van der Waals surface area contributed by atoms with Crippen molar-refractivity contribution in [3.8, 4) is 0 Å². The largest absolute Gasteiger partial charge is 0.351 e.